The predicted octanol–water partition coefficient (Wildman–Crippen LogP) is 5.19. The molecule has 1 aliphatic carbocycles. The molecule has 0 radical (unpaired) electrons. The van der Waals surface area contributed by atoms with E-state index < -0.39 is 5.97 Å². The molecule has 1 fully saturated rings. The van der Waals surface area contributed by atoms with Gasteiger partial charge >= 0.3 is 5.97 Å². The Morgan fingerprint density at radius 1 is 1.06 bits per heavy atom. The summed E-state index contributed by atoms with van der Waals surface area (Å²) in [5.41, 5.74) is 2.13. The van der Waals surface area contributed by atoms with Crippen molar-refractivity contribution in [2.45, 2.75) is 44.2 Å². The molecule has 0 unspecified atom stereocenters. The van der Waals surface area contributed by atoms with Gasteiger partial charge in [0.05, 0.1) is 22.5 Å². The molecule has 3 atom stereocenters. The summed E-state index contributed by atoms with van der Waals surface area (Å²) in [4.78, 5) is 40.9. The maximum Gasteiger partial charge on any atom is 0.303 e. The van der Waals surface area contributed by atoms with Crippen molar-refractivity contribution in [1.82, 2.24) is 4.90 Å². The molecule has 0 spiro atoms. The van der Waals surface area contributed by atoms with Gasteiger partial charge in [0.2, 0.25) is 5.91 Å². The van der Waals surface area contributed by atoms with Gasteiger partial charge in [-0.1, -0.05) is 47.8 Å². The molecule has 1 N–H and O–H groups in total. The molecule has 2 aliphatic rings. The fraction of sp³-hybridized carbons (Fsp3) is 0.375. The van der Waals surface area contributed by atoms with E-state index in [9.17, 15) is 14.4 Å². The van der Waals surface area contributed by atoms with E-state index in [4.69, 9.17) is 28.3 Å². The Balaban J connectivity index is 1.73. The first-order valence-corrected chi connectivity index (χ1v) is 11.4. The third-order valence-electron chi connectivity index (χ3n) is 6.53. The van der Waals surface area contributed by atoms with E-state index in [0.717, 1.165) is 30.5 Å². The Morgan fingerprint density at radius 3 is 2.53 bits per heavy atom. The van der Waals surface area contributed by atoms with Crippen LogP contribution in [0.4, 0.5) is 5.69 Å². The summed E-state index contributed by atoms with van der Waals surface area (Å²) in [7, 11) is 1.73. The summed E-state index contributed by atoms with van der Waals surface area (Å²) in [6.07, 6.45) is 2.41. The largest absolute Gasteiger partial charge is 0.481 e. The number of hydrogen-bond acceptors (Lipinski definition) is 3. The molecular formula is C24H24Cl2N2O4. The Labute approximate surface area is 196 Å². The lowest BCUT2D eigenvalue weighted by atomic mass is 9.81. The highest BCUT2D eigenvalue weighted by Crippen LogP contribution is 2.50. The van der Waals surface area contributed by atoms with E-state index in [0.29, 0.717) is 15.6 Å². The number of halogens is 2. The molecule has 1 aliphatic heterocycles. The Hall–Kier alpha value is -2.57. The summed E-state index contributed by atoms with van der Waals surface area (Å²) in [6.45, 7) is 0. The number of carboxylic acid groups (broad SMARTS) is 1. The van der Waals surface area contributed by atoms with Crippen molar-refractivity contribution < 1.29 is 19.5 Å². The number of nitrogens with zero attached hydrogens (tertiary/aromatic N) is 2. The summed E-state index contributed by atoms with van der Waals surface area (Å²) in [5.74, 6) is -1.28. The fourth-order valence-corrected chi connectivity index (χ4v) is 5.39. The number of hydrogen-bond donors (Lipinski definition) is 1. The number of carbonyl (C=O) groups excluding carboxylic acids is 2. The van der Waals surface area contributed by atoms with Crippen molar-refractivity contribution in [1.29, 1.82) is 0 Å². The summed E-state index contributed by atoms with van der Waals surface area (Å²) >= 11 is 12.2. The van der Waals surface area contributed by atoms with Crippen molar-refractivity contribution in [2.75, 3.05) is 11.9 Å². The molecule has 2 amide bonds. The van der Waals surface area contributed by atoms with E-state index >= 15 is 0 Å². The number of benzene rings is 2. The second-order valence-electron chi connectivity index (χ2n) is 8.37. The lowest BCUT2D eigenvalue weighted by Gasteiger charge is -2.46. The second kappa shape index (κ2) is 9.12. The molecule has 8 heteroatoms. The molecule has 4 rings (SSSR count). The second-order valence-corrected chi connectivity index (χ2v) is 9.18. The highest BCUT2D eigenvalue weighted by atomic mass is 35.5. The van der Waals surface area contributed by atoms with Gasteiger partial charge < -0.3 is 14.9 Å². The van der Waals surface area contributed by atoms with Crippen LogP contribution in [-0.2, 0) is 9.59 Å². The summed E-state index contributed by atoms with van der Waals surface area (Å²) in [5, 5.41) is 9.69. The monoisotopic (exact) mass is 474 g/mol. The SMILES string of the molecule is CN(C(=O)CCC(=O)O)[C@H]1c2ccccc2N(C(=O)c2ccc(Cl)c(Cl)c2)[C@@H]2CCC[C@@H]21. The standard InChI is InChI=1S/C24H24Cl2N2O4/c1-27(21(29)11-12-22(30)31)23-15-5-2-3-7-19(15)28(20-8-4-6-16(20)23)24(32)14-9-10-17(25)18(26)13-14/h2-3,5,7,9-10,13,16,20,23H,4,6,8,11-12H2,1H3,(H,30,31)/t16-,20+,23-/m0/s1. The molecule has 0 saturated heterocycles. The van der Waals surface area contributed by atoms with Crippen LogP contribution in [0.1, 0.15) is 54.1 Å². The molecule has 2 aromatic rings. The van der Waals surface area contributed by atoms with Gasteiger partial charge in [-0.15, -0.1) is 0 Å². The minimum Gasteiger partial charge on any atom is -0.481 e. The van der Waals surface area contributed by atoms with Crippen LogP contribution in [0.5, 0.6) is 0 Å². The number of anilines is 1. The average molecular weight is 475 g/mol. The molecule has 1 heterocycles. The van der Waals surface area contributed by atoms with Gasteiger partial charge in [0.15, 0.2) is 0 Å². The molecule has 32 heavy (non-hydrogen) atoms. The minimum absolute atomic E-state index is 0.0478. The Bertz CT molecular complexity index is 1070. The first-order valence-electron chi connectivity index (χ1n) is 10.6. The zero-order valence-corrected chi connectivity index (χ0v) is 19.1. The molecule has 0 bridgehead atoms. The maximum atomic E-state index is 13.6. The van der Waals surface area contributed by atoms with Gasteiger partial charge in [0.1, 0.15) is 0 Å². The number of carbonyl (C=O) groups is 3. The third kappa shape index (κ3) is 4.09. The van der Waals surface area contributed by atoms with Crippen LogP contribution in [0.25, 0.3) is 0 Å². The van der Waals surface area contributed by atoms with Crippen molar-refractivity contribution in [3.8, 4) is 0 Å². The van der Waals surface area contributed by atoms with Crippen LogP contribution in [0.2, 0.25) is 10.0 Å². The number of rotatable bonds is 5. The van der Waals surface area contributed by atoms with E-state index in [2.05, 4.69) is 0 Å². The van der Waals surface area contributed by atoms with Gasteiger partial charge in [-0.3, -0.25) is 14.4 Å². The van der Waals surface area contributed by atoms with Gasteiger partial charge in [-0.25, -0.2) is 0 Å². The number of aliphatic carboxylic acids is 1. The molecule has 168 valence electrons. The van der Waals surface area contributed by atoms with Crippen LogP contribution in [-0.4, -0.2) is 40.9 Å². The zero-order valence-electron chi connectivity index (χ0n) is 17.6. The minimum atomic E-state index is -0.993. The molecular weight excluding hydrogens is 451 g/mol. The first-order chi connectivity index (χ1) is 15.3. The molecule has 6 nitrogen and oxygen atoms in total. The lowest BCUT2D eigenvalue weighted by molar-refractivity contribution is -0.141. The lowest BCUT2D eigenvalue weighted by Crippen LogP contribution is -2.51. The zero-order chi connectivity index (χ0) is 23.0. The van der Waals surface area contributed by atoms with E-state index in [1.165, 1.54) is 0 Å². The van der Waals surface area contributed by atoms with Gasteiger partial charge in [0.25, 0.3) is 5.91 Å². The normalized spacial score (nSPS) is 21.6. The number of para-hydroxylation sites is 1. The topological polar surface area (TPSA) is 77.9 Å². The third-order valence-corrected chi connectivity index (χ3v) is 7.27. The van der Waals surface area contributed by atoms with Crippen LogP contribution in [0, 0.1) is 5.92 Å². The fourth-order valence-electron chi connectivity index (χ4n) is 5.09. The van der Waals surface area contributed by atoms with Crippen LogP contribution >= 0.6 is 23.2 Å². The number of carboxylic acids is 1. The smallest absolute Gasteiger partial charge is 0.303 e. The van der Waals surface area contributed by atoms with Crippen molar-refractivity contribution >= 4 is 46.7 Å². The van der Waals surface area contributed by atoms with Crippen LogP contribution < -0.4 is 4.90 Å². The first kappa shape index (κ1) is 22.6. The quantitative estimate of drug-likeness (QED) is 0.646. The van der Waals surface area contributed by atoms with Crippen LogP contribution in [0.15, 0.2) is 42.5 Å². The Kier molecular flexibility index (Phi) is 6.45. The van der Waals surface area contributed by atoms with Gasteiger partial charge in [-0.2, -0.15) is 0 Å². The number of amides is 2. The molecule has 0 aromatic heterocycles. The predicted molar refractivity (Wildman–Crippen MR) is 123 cm³/mol. The van der Waals surface area contributed by atoms with Crippen molar-refractivity contribution in [2.24, 2.45) is 5.92 Å². The highest BCUT2D eigenvalue weighted by Gasteiger charge is 2.48. The van der Waals surface area contributed by atoms with Gasteiger partial charge in [-0.05, 0) is 42.7 Å². The number of fused-ring (bicyclic) bond motifs is 2. The van der Waals surface area contributed by atoms with Crippen molar-refractivity contribution in [3.05, 3.63) is 63.6 Å². The Morgan fingerprint density at radius 2 is 1.81 bits per heavy atom. The van der Waals surface area contributed by atoms with Crippen LogP contribution in [0.3, 0.4) is 0 Å². The average Bonchev–Trinajstić information content (AvgIpc) is 3.25. The summed E-state index contributed by atoms with van der Waals surface area (Å²) in [6, 6.07) is 12.3. The molecule has 1 saturated carbocycles. The van der Waals surface area contributed by atoms with Gasteiger partial charge in [0, 0.05) is 36.7 Å². The van der Waals surface area contributed by atoms with E-state index in [-0.39, 0.29) is 42.7 Å². The highest BCUT2D eigenvalue weighted by molar-refractivity contribution is 6.42. The van der Waals surface area contributed by atoms with Crippen molar-refractivity contribution in [3.63, 3.8) is 0 Å². The van der Waals surface area contributed by atoms with E-state index in [1.807, 2.05) is 29.2 Å². The maximum absolute atomic E-state index is 13.6. The summed E-state index contributed by atoms with van der Waals surface area (Å²) < 4.78 is 0. The van der Waals surface area contributed by atoms with E-state index in [1.54, 1.807) is 30.1 Å². The molecule has 2 aromatic carbocycles.